The third kappa shape index (κ3) is 5.39. The Hall–Kier alpha value is -2.33. The van der Waals surface area contributed by atoms with Gasteiger partial charge in [0.1, 0.15) is 5.82 Å². The second-order valence-electron chi connectivity index (χ2n) is 5.64. The molecule has 0 bridgehead atoms. The second kappa shape index (κ2) is 9.08. The number of halogens is 1. The fourth-order valence-electron chi connectivity index (χ4n) is 2.31. The fourth-order valence-corrected chi connectivity index (χ4v) is 2.43. The molecule has 0 saturated carbocycles. The third-order valence-corrected chi connectivity index (χ3v) is 4.09. The standard InChI is InChI=1S/C19H21ClN4/c1-14(17-5-6-18(20)15(2)10-17)9-16-11-23-19(24-12-16)13-22-8-4-7-21-3/h4-8,10-12,14H,3,9,13H2,1-2H3/b7-4-,22-8?. The van der Waals surface area contributed by atoms with Gasteiger partial charge >= 0.3 is 0 Å². The highest BCUT2D eigenvalue weighted by molar-refractivity contribution is 6.31. The minimum absolute atomic E-state index is 0.380. The summed E-state index contributed by atoms with van der Waals surface area (Å²) in [6.45, 7) is 8.02. The Morgan fingerprint density at radius 1 is 1.29 bits per heavy atom. The summed E-state index contributed by atoms with van der Waals surface area (Å²) in [4.78, 5) is 16.5. The topological polar surface area (TPSA) is 50.5 Å². The first-order valence-electron chi connectivity index (χ1n) is 7.76. The summed E-state index contributed by atoms with van der Waals surface area (Å²) >= 11 is 6.09. The van der Waals surface area contributed by atoms with E-state index in [2.05, 4.69) is 45.7 Å². The van der Waals surface area contributed by atoms with Gasteiger partial charge in [-0.2, -0.15) is 0 Å². The zero-order valence-electron chi connectivity index (χ0n) is 14.0. The van der Waals surface area contributed by atoms with Gasteiger partial charge in [0.25, 0.3) is 0 Å². The van der Waals surface area contributed by atoms with Crippen LogP contribution in [-0.4, -0.2) is 22.9 Å². The summed E-state index contributed by atoms with van der Waals surface area (Å²) in [5.74, 6) is 1.08. The molecule has 0 N–H and O–H groups in total. The van der Waals surface area contributed by atoms with Gasteiger partial charge in [-0.05, 0) is 54.8 Å². The number of hydrogen-bond acceptors (Lipinski definition) is 4. The molecule has 1 unspecified atom stereocenters. The average molecular weight is 341 g/mol. The predicted molar refractivity (Wildman–Crippen MR) is 101 cm³/mol. The largest absolute Gasteiger partial charge is 0.285 e. The first-order chi connectivity index (χ1) is 11.6. The van der Waals surface area contributed by atoms with Crippen LogP contribution >= 0.6 is 11.6 Å². The van der Waals surface area contributed by atoms with Crippen molar-refractivity contribution >= 4 is 24.5 Å². The van der Waals surface area contributed by atoms with E-state index >= 15 is 0 Å². The lowest BCUT2D eigenvalue weighted by molar-refractivity contribution is 0.746. The molecule has 5 heteroatoms. The van der Waals surface area contributed by atoms with E-state index in [0.717, 1.165) is 22.6 Å². The Morgan fingerprint density at radius 3 is 2.71 bits per heavy atom. The molecule has 1 aromatic heterocycles. The molecule has 0 fully saturated rings. The van der Waals surface area contributed by atoms with Gasteiger partial charge < -0.3 is 0 Å². The highest BCUT2D eigenvalue weighted by Gasteiger charge is 2.09. The minimum atomic E-state index is 0.380. The number of aromatic nitrogens is 2. The predicted octanol–water partition coefficient (Wildman–Crippen LogP) is 4.57. The first kappa shape index (κ1) is 18.0. The number of hydrogen-bond donors (Lipinski definition) is 0. The van der Waals surface area contributed by atoms with Crippen molar-refractivity contribution < 1.29 is 0 Å². The van der Waals surface area contributed by atoms with Gasteiger partial charge in [0.15, 0.2) is 0 Å². The quantitative estimate of drug-likeness (QED) is 0.693. The smallest absolute Gasteiger partial charge is 0.149 e. The SMILES string of the molecule is C=N/C=C\C=NCc1ncc(CC(C)c2ccc(Cl)c(C)c2)cn1. The van der Waals surface area contributed by atoms with Crippen LogP contribution in [0.25, 0.3) is 0 Å². The normalized spacial score (nSPS) is 12.8. The third-order valence-electron chi connectivity index (χ3n) is 3.67. The van der Waals surface area contributed by atoms with Gasteiger partial charge in [-0.15, -0.1) is 0 Å². The summed E-state index contributed by atoms with van der Waals surface area (Å²) < 4.78 is 0. The molecule has 124 valence electrons. The Kier molecular flexibility index (Phi) is 6.82. The Bertz CT molecular complexity index is 736. The molecule has 1 heterocycles. The molecule has 0 radical (unpaired) electrons. The van der Waals surface area contributed by atoms with Gasteiger partial charge in [0.2, 0.25) is 0 Å². The number of nitrogens with zero attached hydrogens (tertiary/aromatic N) is 4. The van der Waals surface area contributed by atoms with Gasteiger partial charge in [-0.1, -0.05) is 30.7 Å². The maximum atomic E-state index is 6.09. The number of aliphatic imine (C=N–C) groups is 2. The monoisotopic (exact) mass is 340 g/mol. The molecule has 0 aliphatic carbocycles. The van der Waals surface area contributed by atoms with Crippen LogP contribution in [0.1, 0.15) is 35.4 Å². The molecular weight excluding hydrogens is 320 g/mol. The van der Waals surface area contributed by atoms with Crippen molar-refractivity contribution in [3.8, 4) is 0 Å². The fraction of sp³-hybridized carbons (Fsp3) is 0.263. The van der Waals surface area contributed by atoms with Crippen LogP contribution in [0.4, 0.5) is 0 Å². The zero-order valence-corrected chi connectivity index (χ0v) is 14.7. The lowest BCUT2D eigenvalue weighted by atomic mass is 9.94. The summed E-state index contributed by atoms with van der Waals surface area (Å²) in [7, 11) is 0. The van der Waals surface area contributed by atoms with Crippen LogP contribution in [0.2, 0.25) is 5.02 Å². The van der Waals surface area contributed by atoms with Crippen molar-refractivity contribution in [2.45, 2.75) is 32.7 Å². The molecule has 0 amide bonds. The summed E-state index contributed by atoms with van der Waals surface area (Å²) in [6.07, 6.45) is 9.59. The molecule has 1 aromatic carbocycles. The lowest BCUT2D eigenvalue weighted by Gasteiger charge is -2.13. The number of rotatable bonds is 7. The first-order valence-corrected chi connectivity index (χ1v) is 8.14. The molecule has 2 rings (SSSR count). The summed E-state index contributed by atoms with van der Waals surface area (Å²) in [5.41, 5.74) is 3.48. The van der Waals surface area contributed by atoms with E-state index in [-0.39, 0.29) is 0 Å². The van der Waals surface area contributed by atoms with Crippen LogP contribution in [0.3, 0.4) is 0 Å². The van der Waals surface area contributed by atoms with Crippen LogP contribution in [-0.2, 0) is 13.0 Å². The lowest BCUT2D eigenvalue weighted by Crippen LogP contribution is -2.02. The molecule has 2 aromatic rings. The van der Waals surface area contributed by atoms with Crippen molar-refractivity contribution in [2.24, 2.45) is 9.98 Å². The van der Waals surface area contributed by atoms with Crippen LogP contribution < -0.4 is 0 Å². The van der Waals surface area contributed by atoms with Gasteiger partial charge in [-0.3, -0.25) is 9.98 Å². The molecule has 24 heavy (non-hydrogen) atoms. The van der Waals surface area contributed by atoms with Crippen molar-refractivity contribution in [1.29, 1.82) is 0 Å². The number of benzene rings is 1. The van der Waals surface area contributed by atoms with E-state index in [1.807, 2.05) is 25.4 Å². The zero-order chi connectivity index (χ0) is 17.4. The molecule has 0 spiro atoms. The Balaban J connectivity index is 1.95. The molecule has 0 saturated heterocycles. The Morgan fingerprint density at radius 2 is 2.04 bits per heavy atom. The van der Waals surface area contributed by atoms with E-state index in [9.17, 15) is 0 Å². The van der Waals surface area contributed by atoms with E-state index in [0.29, 0.717) is 18.3 Å². The van der Waals surface area contributed by atoms with Gasteiger partial charge in [0, 0.05) is 29.8 Å². The van der Waals surface area contributed by atoms with E-state index in [1.165, 1.54) is 5.56 Å². The summed E-state index contributed by atoms with van der Waals surface area (Å²) in [5, 5.41) is 0.804. The number of allylic oxidation sites excluding steroid dienone is 1. The summed E-state index contributed by atoms with van der Waals surface area (Å²) in [6, 6.07) is 6.18. The molecular formula is C19H21ClN4. The van der Waals surface area contributed by atoms with Gasteiger partial charge in [-0.25, -0.2) is 9.97 Å². The van der Waals surface area contributed by atoms with Crippen LogP contribution in [0.5, 0.6) is 0 Å². The molecule has 0 aliphatic heterocycles. The Labute approximate surface area is 148 Å². The van der Waals surface area contributed by atoms with Gasteiger partial charge in [0.05, 0.1) is 6.54 Å². The highest BCUT2D eigenvalue weighted by Crippen LogP contribution is 2.24. The number of aryl methyl sites for hydroxylation is 1. The maximum absolute atomic E-state index is 6.09. The van der Waals surface area contributed by atoms with Crippen LogP contribution in [0, 0.1) is 6.92 Å². The maximum Gasteiger partial charge on any atom is 0.149 e. The minimum Gasteiger partial charge on any atom is -0.285 e. The van der Waals surface area contributed by atoms with E-state index in [1.54, 1.807) is 18.5 Å². The molecule has 1 atom stereocenters. The van der Waals surface area contributed by atoms with Crippen molar-refractivity contribution in [3.63, 3.8) is 0 Å². The van der Waals surface area contributed by atoms with Crippen molar-refractivity contribution in [2.75, 3.05) is 0 Å². The highest BCUT2D eigenvalue weighted by atomic mass is 35.5. The van der Waals surface area contributed by atoms with E-state index < -0.39 is 0 Å². The van der Waals surface area contributed by atoms with Crippen molar-refractivity contribution in [3.05, 3.63) is 70.4 Å². The van der Waals surface area contributed by atoms with Crippen LogP contribution in [0.15, 0.2) is 52.9 Å². The van der Waals surface area contributed by atoms with Crippen molar-refractivity contribution in [1.82, 2.24) is 9.97 Å². The van der Waals surface area contributed by atoms with E-state index in [4.69, 9.17) is 11.6 Å². The second-order valence-corrected chi connectivity index (χ2v) is 6.04. The molecule has 4 nitrogen and oxygen atoms in total. The average Bonchev–Trinajstić information content (AvgIpc) is 2.58. The molecule has 0 aliphatic rings.